The molecule has 0 aromatic heterocycles. The normalized spacial score (nSPS) is 11.6. The van der Waals surface area contributed by atoms with Gasteiger partial charge in [-0.05, 0) is 36.8 Å². The first kappa shape index (κ1) is 44.2. The number of phenolic OH excluding ortho intramolecular Hbond substituents is 2. The maximum Gasteiger partial charge on any atom is 0.339 e. The first-order valence-corrected chi connectivity index (χ1v) is 20.9. The summed E-state index contributed by atoms with van der Waals surface area (Å²) in [6, 6.07) is 12.7. The van der Waals surface area contributed by atoms with Gasteiger partial charge in [-0.15, -0.1) is 10.2 Å². The molecule has 0 unspecified atom stereocenters. The zero-order valence-corrected chi connectivity index (χ0v) is 33.0. The zero-order valence-electron chi connectivity index (χ0n) is 32.2. The number of carbonyl (C=O) groups excluding carboxylic acids is 2. The summed E-state index contributed by atoms with van der Waals surface area (Å²) in [6.45, 7) is 2.23. The largest absolute Gasteiger partial charge is 0.507 e. The van der Waals surface area contributed by atoms with Crippen LogP contribution >= 0.6 is 0 Å². The summed E-state index contributed by atoms with van der Waals surface area (Å²) < 4.78 is 34.7. The van der Waals surface area contributed by atoms with Gasteiger partial charge in [-0.2, -0.15) is 8.42 Å². The summed E-state index contributed by atoms with van der Waals surface area (Å²) in [5.74, 6) is -4.49. The molecule has 4 aromatic rings. The minimum absolute atomic E-state index is 0.0312. The number of azo groups is 1. The van der Waals surface area contributed by atoms with E-state index in [-0.39, 0.29) is 40.1 Å². The van der Waals surface area contributed by atoms with E-state index in [1.165, 1.54) is 94.9 Å². The highest BCUT2D eigenvalue weighted by atomic mass is 32.2. The lowest BCUT2D eigenvalue weighted by atomic mass is 10.0. The molecule has 7 N–H and O–H groups in total. The van der Waals surface area contributed by atoms with E-state index in [2.05, 4.69) is 27.8 Å². The van der Waals surface area contributed by atoms with Gasteiger partial charge in [0, 0.05) is 28.9 Å². The van der Waals surface area contributed by atoms with Gasteiger partial charge >= 0.3 is 5.97 Å². The van der Waals surface area contributed by atoms with Gasteiger partial charge in [0.1, 0.15) is 33.4 Å². The summed E-state index contributed by atoms with van der Waals surface area (Å²) in [7, 11) is -4.86. The number of nitrogens with zero attached hydrogens (tertiary/aromatic N) is 2. The molecule has 57 heavy (non-hydrogen) atoms. The van der Waals surface area contributed by atoms with Crippen molar-refractivity contribution in [2.45, 2.75) is 115 Å². The first-order valence-electron chi connectivity index (χ1n) is 19.5. The first-order chi connectivity index (χ1) is 27.3. The van der Waals surface area contributed by atoms with Crippen LogP contribution in [-0.4, -0.2) is 51.2 Å². The maximum atomic E-state index is 13.5. The summed E-state index contributed by atoms with van der Waals surface area (Å²) in [5.41, 5.74) is -1.36. The van der Waals surface area contributed by atoms with E-state index in [0.717, 1.165) is 37.5 Å². The molecule has 0 saturated heterocycles. The number of rotatable bonds is 23. The van der Waals surface area contributed by atoms with E-state index in [9.17, 15) is 47.8 Å². The maximum absolute atomic E-state index is 13.5. The van der Waals surface area contributed by atoms with Crippen molar-refractivity contribution in [3.05, 3.63) is 71.8 Å². The van der Waals surface area contributed by atoms with Gasteiger partial charge in [0.15, 0.2) is 0 Å². The van der Waals surface area contributed by atoms with Gasteiger partial charge < -0.3 is 31.1 Å². The molecular weight excluding hydrogens is 753 g/mol. The average molecular weight is 805 g/mol. The number of aromatic hydroxyl groups is 3. The van der Waals surface area contributed by atoms with Crippen LogP contribution in [0.5, 0.6) is 17.2 Å². The molecule has 0 bridgehead atoms. The number of anilines is 2. The van der Waals surface area contributed by atoms with E-state index in [1.807, 2.05) is 0 Å². The Hall–Kier alpha value is -5.54. The average Bonchev–Trinajstić information content (AvgIpc) is 3.16. The smallest absolute Gasteiger partial charge is 0.339 e. The number of amides is 2. The van der Waals surface area contributed by atoms with Crippen LogP contribution in [0, 0.1) is 0 Å². The van der Waals surface area contributed by atoms with Crippen LogP contribution in [0.15, 0.2) is 75.8 Å². The van der Waals surface area contributed by atoms with Gasteiger partial charge in [0.2, 0.25) is 5.91 Å². The van der Waals surface area contributed by atoms with Crippen molar-refractivity contribution in [3.8, 4) is 17.2 Å². The molecule has 306 valence electrons. The van der Waals surface area contributed by atoms with Gasteiger partial charge in [0.05, 0.1) is 16.9 Å². The van der Waals surface area contributed by atoms with Crippen LogP contribution in [-0.2, 0) is 14.9 Å². The van der Waals surface area contributed by atoms with Crippen molar-refractivity contribution in [2.75, 3.05) is 10.6 Å². The number of phenols is 3. The molecule has 0 aliphatic rings. The minimum Gasteiger partial charge on any atom is -0.507 e. The van der Waals surface area contributed by atoms with Crippen LogP contribution in [0.2, 0.25) is 0 Å². The number of unbranched alkanes of at least 4 members (excludes halogenated alkanes) is 14. The molecule has 0 fully saturated rings. The van der Waals surface area contributed by atoms with E-state index in [1.54, 1.807) is 18.2 Å². The molecule has 0 spiro atoms. The SMILES string of the molecule is CCCCCCCCCCCCCCCCCC(=O)Nc1ccc(NC(=O)c2cc(/N=N/c3cc(C(=O)O)c(O)cc3O)c3ccccc3c2O)cc1S(=O)(=O)O. The van der Waals surface area contributed by atoms with Gasteiger partial charge in [-0.1, -0.05) is 121 Å². The fraction of sp³-hybridized carbons (Fsp3) is 0.405. The predicted octanol–water partition coefficient (Wildman–Crippen LogP) is 10.8. The monoisotopic (exact) mass is 804 g/mol. The molecule has 0 aliphatic heterocycles. The number of benzene rings is 4. The van der Waals surface area contributed by atoms with Crippen LogP contribution in [0.4, 0.5) is 22.7 Å². The third-order valence-corrected chi connectivity index (χ3v) is 10.5. The number of hydrogen-bond donors (Lipinski definition) is 7. The molecular formula is C42H52N4O10S. The molecule has 0 aliphatic carbocycles. The van der Waals surface area contributed by atoms with Crippen LogP contribution in [0.3, 0.4) is 0 Å². The van der Waals surface area contributed by atoms with Crippen molar-refractivity contribution in [1.29, 1.82) is 0 Å². The van der Waals surface area contributed by atoms with E-state index in [4.69, 9.17) is 0 Å². The number of nitrogens with one attached hydrogen (secondary N) is 2. The van der Waals surface area contributed by atoms with Gasteiger partial charge in [-0.3, -0.25) is 14.1 Å². The number of aromatic carboxylic acids is 1. The topological polar surface area (TPSA) is 235 Å². The lowest BCUT2D eigenvalue weighted by molar-refractivity contribution is -0.116. The van der Waals surface area contributed by atoms with Gasteiger partial charge in [-0.25, -0.2) is 4.79 Å². The van der Waals surface area contributed by atoms with Crippen molar-refractivity contribution in [1.82, 2.24) is 0 Å². The summed E-state index contributed by atoms with van der Waals surface area (Å²) in [5, 5.41) is 54.0. The second-order valence-electron chi connectivity index (χ2n) is 14.1. The van der Waals surface area contributed by atoms with Gasteiger partial charge in [0.25, 0.3) is 16.0 Å². The van der Waals surface area contributed by atoms with Crippen molar-refractivity contribution in [3.63, 3.8) is 0 Å². The van der Waals surface area contributed by atoms with Crippen LogP contribution in [0.25, 0.3) is 10.8 Å². The Morgan fingerprint density at radius 3 is 1.75 bits per heavy atom. The minimum atomic E-state index is -4.86. The molecule has 15 heteroatoms. The van der Waals surface area contributed by atoms with Crippen LogP contribution in [0.1, 0.15) is 130 Å². The van der Waals surface area contributed by atoms with Crippen molar-refractivity contribution in [2.24, 2.45) is 10.2 Å². The van der Waals surface area contributed by atoms with Crippen LogP contribution < -0.4 is 10.6 Å². The Bertz CT molecular complexity index is 2170. The number of fused-ring (bicyclic) bond motifs is 1. The Balaban J connectivity index is 1.35. The number of carbonyl (C=O) groups is 3. The zero-order chi connectivity index (χ0) is 41.4. The molecule has 4 aromatic carbocycles. The van der Waals surface area contributed by atoms with E-state index in [0.29, 0.717) is 11.8 Å². The second-order valence-corrected chi connectivity index (χ2v) is 15.5. The number of carboxylic acids is 1. The fourth-order valence-electron chi connectivity index (χ4n) is 6.51. The van der Waals surface area contributed by atoms with Crippen molar-refractivity contribution < 1.29 is 47.8 Å². The Morgan fingerprint density at radius 1 is 0.632 bits per heavy atom. The summed E-state index contributed by atoms with van der Waals surface area (Å²) in [6.07, 6.45) is 17.9. The van der Waals surface area contributed by atoms with Crippen molar-refractivity contribution >= 4 is 61.4 Å². The predicted molar refractivity (Wildman–Crippen MR) is 219 cm³/mol. The molecule has 0 radical (unpaired) electrons. The Morgan fingerprint density at radius 2 is 1.18 bits per heavy atom. The fourth-order valence-corrected chi connectivity index (χ4v) is 7.18. The highest BCUT2D eigenvalue weighted by Crippen LogP contribution is 2.39. The Kier molecular flexibility index (Phi) is 16.8. The number of hydrogen-bond acceptors (Lipinski definition) is 10. The lowest BCUT2D eigenvalue weighted by Crippen LogP contribution is -2.16. The second kappa shape index (κ2) is 21.7. The summed E-state index contributed by atoms with van der Waals surface area (Å²) >= 11 is 0. The highest BCUT2D eigenvalue weighted by molar-refractivity contribution is 7.86. The molecule has 4 rings (SSSR count). The lowest BCUT2D eigenvalue weighted by Gasteiger charge is -2.14. The molecule has 0 atom stereocenters. The number of carboxylic acid groups (broad SMARTS) is 1. The third kappa shape index (κ3) is 13.3. The molecule has 0 saturated carbocycles. The molecule has 0 heterocycles. The summed E-state index contributed by atoms with van der Waals surface area (Å²) in [4.78, 5) is 37.0. The Labute approximate surface area is 332 Å². The van der Waals surface area contributed by atoms with E-state index >= 15 is 0 Å². The third-order valence-electron chi connectivity index (χ3n) is 9.63. The molecule has 2 amide bonds. The highest BCUT2D eigenvalue weighted by Gasteiger charge is 2.22. The standard InChI is InChI=1S/C42H52N4O10S/c1-2-3-4-5-6-7-8-9-10-11-12-13-14-15-16-21-39(49)44-33-23-22-28(24-38(33)57(54,55)56)43-41(51)32-26-34(29-19-17-18-20-30(29)40(32)50)45-46-35-25-31(42(52)53)36(47)27-37(35)48/h17-20,22-27,47-48,50H,2-16,21H2,1H3,(H,43,51)(H,44,49)(H,52,53)(H,54,55,56)/b46-45+. The molecule has 14 nitrogen and oxygen atoms in total. The quantitative estimate of drug-likeness (QED) is 0.0213. The van der Waals surface area contributed by atoms with E-state index < -0.39 is 55.6 Å².